The minimum atomic E-state index is 0.00216. The zero-order chi connectivity index (χ0) is 11.4. The lowest BCUT2D eigenvalue weighted by atomic mass is 10.1. The second-order valence-electron chi connectivity index (χ2n) is 3.58. The highest BCUT2D eigenvalue weighted by Gasteiger charge is 1.99. The number of rotatable bonds is 3. The number of thiophene rings is 1. The molecule has 0 unspecified atom stereocenters. The first-order chi connectivity index (χ1) is 7.75. The van der Waals surface area contributed by atoms with Gasteiger partial charge in [-0.3, -0.25) is 4.79 Å². The first-order valence-corrected chi connectivity index (χ1v) is 6.01. The molecule has 1 aromatic carbocycles. The fourth-order valence-electron chi connectivity index (χ4n) is 1.46. The second-order valence-corrected chi connectivity index (χ2v) is 4.53. The van der Waals surface area contributed by atoms with Crippen molar-refractivity contribution in [2.45, 2.75) is 13.5 Å². The van der Waals surface area contributed by atoms with Crippen molar-refractivity contribution >= 4 is 17.2 Å². The fraction of sp³-hybridized carbons (Fsp3) is 0.154. The number of carbonyl (C=O) groups is 1. The van der Waals surface area contributed by atoms with Gasteiger partial charge in [0.1, 0.15) is 0 Å². The van der Waals surface area contributed by atoms with Crippen molar-refractivity contribution in [1.29, 1.82) is 0 Å². The van der Waals surface area contributed by atoms with Gasteiger partial charge in [0, 0.05) is 18.3 Å². The van der Waals surface area contributed by atoms with Crippen LogP contribution in [0.5, 0.6) is 0 Å². The highest BCUT2D eigenvalue weighted by molar-refractivity contribution is 7.13. The molecule has 2 nitrogen and oxygen atoms in total. The topological polar surface area (TPSA) is 29.1 Å². The molecule has 2 rings (SSSR count). The summed E-state index contributed by atoms with van der Waals surface area (Å²) >= 11 is 1.73. The second kappa shape index (κ2) is 4.94. The van der Waals surface area contributed by atoms with Gasteiger partial charge in [-0.15, -0.1) is 11.3 Å². The Labute approximate surface area is 98.9 Å². The molecule has 0 aliphatic heterocycles. The number of hydrogen-bond donors (Lipinski definition) is 1. The van der Waals surface area contributed by atoms with Gasteiger partial charge in [0.15, 0.2) is 0 Å². The van der Waals surface area contributed by atoms with Gasteiger partial charge in [-0.25, -0.2) is 0 Å². The lowest BCUT2D eigenvalue weighted by molar-refractivity contribution is -0.119. The van der Waals surface area contributed by atoms with Crippen molar-refractivity contribution in [3.05, 3.63) is 47.3 Å². The summed E-state index contributed by atoms with van der Waals surface area (Å²) < 4.78 is 0. The third-order valence-corrected chi connectivity index (χ3v) is 3.22. The molecule has 16 heavy (non-hydrogen) atoms. The molecule has 3 heteroatoms. The third-order valence-electron chi connectivity index (χ3n) is 2.30. The van der Waals surface area contributed by atoms with Crippen LogP contribution in [0, 0.1) is 0 Å². The number of hydrogen-bond acceptors (Lipinski definition) is 2. The normalized spacial score (nSPS) is 10.1. The van der Waals surface area contributed by atoms with Crippen molar-refractivity contribution in [2.75, 3.05) is 0 Å². The van der Waals surface area contributed by atoms with Gasteiger partial charge >= 0.3 is 0 Å². The standard InChI is InChI=1S/C13H13NOS/c1-10(15)14-9-11-4-6-12(7-5-11)13-3-2-8-16-13/h2-8H,9H2,1H3,(H,14,15). The third kappa shape index (κ3) is 2.70. The maximum absolute atomic E-state index is 10.8. The van der Waals surface area contributed by atoms with Crippen LogP contribution < -0.4 is 5.32 Å². The zero-order valence-corrected chi connectivity index (χ0v) is 9.88. The molecule has 1 amide bonds. The minimum Gasteiger partial charge on any atom is -0.352 e. The molecule has 82 valence electrons. The van der Waals surface area contributed by atoms with Gasteiger partial charge in [0.25, 0.3) is 0 Å². The predicted molar refractivity (Wildman–Crippen MR) is 67.3 cm³/mol. The van der Waals surface area contributed by atoms with Crippen LogP contribution in [0.4, 0.5) is 0 Å². The SMILES string of the molecule is CC(=O)NCc1ccc(-c2cccs2)cc1. The molecular formula is C13H13NOS. The molecule has 1 N–H and O–H groups in total. The van der Waals surface area contributed by atoms with Crippen LogP contribution in [0.15, 0.2) is 41.8 Å². The Hall–Kier alpha value is -1.61. The Morgan fingerprint density at radius 2 is 2.00 bits per heavy atom. The smallest absolute Gasteiger partial charge is 0.217 e. The van der Waals surface area contributed by atoms with Crippen molar-refractivity contribution in [3.8, 4) is 10.4 Å². The first kappa shape index (κ1) is 10.9. The summed E-state index contributed by atoms with van der Waals surface area (Å²) in [5.74, 6) is 0.00216. The Balaban J connectivity index is 2.08. The minimum absolute atomic E-state index is 0.00216. The van der Waals surface area contributed by atoms with Crippen LogP contribution in [-0.2, 0) is 11.3 Å². The fourth-order valence-corrected chi connectivity index (χ4v) is 2.19. The van der Waals surface area contributed by atoms with Crippen molar-refractivity contribution in [1.82, 2.24) is 5.32 Å². The quantitative estimate of drug-likeness (QED) is 0.864. The van der Waals surface area contributed by atoms with E-state index in [4.69, 9.17) is 0 Å². The molecule has 0 aliphatic rings. The summed E-state index contributed by atoms with van der Waals surface area (Å²) in [6, 6.07) is 12.4. The van der Waals surface area contributed by atoms with E-state index >= 15 is 0 Å². The Kier molecular flexibility index (Phi) is 3.37. The van der Waals surface area contributed by atoms with Crippen LogP contribution in [-0.4, -0.2) is 5.91 Å². The molecule has 0 spiro atoms. The van der Waals surface area contributed by atoms with E-state index in [0.717, 1.165) is 5.56 Å². The summed E-state index contributed by atoms with van der Waals surface area (Å²) in [5.41, 5.74) is 2.34. The maximum Gasteiger partial charge on any atom is 0.217 e. The lowest BCUT2D eigenvalue weighted by Gasteiger charge is -2.03. The lowest BCUT2D eigenvalue weighted by Crippen LogP contribution is -2.18. The highest BCUT2D eigenvalue weighted by Crippen LogP contribution is 2.24. The van der Waals surface area contributed by atoms with Crippen molar-refractivity contribution < 1.29 is 4.79 Å². The molecule has 0 atom stereocenters. The predicted octanol–water partition coefficient (Wildman–Crippen LogP) is 3.05. The molecule has 0 aliphatic carbocycles. The van der Waals surface area contributed by atoms with E-state index in [9.17, 15) is 4.79 Å². The molecular weight excluding hydrogens is 218 g/mol. The summed E-state index contributed by atoms with van der Waals surface area (Å²) in [5, 5.41) is 4.85. The first-order valence-electron chi connectivity index (χ1n) is 5.13. The molecule has 0 bridgehead atoms. The summed E-state index contributed by atoms with van der Waals surface area (Å²) in [6.45, 7) is 2.13. The monoisotopic (exact) mass is 231 g/mol. The van der Waals surface area contributed by atoms with Crippen molar-refractivity contribution in [3.63, 3.8) is 0 Å². The van der Waals surface area contributed by atoms with Gasteiger partial charge < -0.3 is 5.32 Å². The molecule has 0 fully saturated rings. The number of amides is 1. The summed E-state index contributed by atoms with van der Waals surface area (Å²) in [7, 11) is 0. The zero-order valence-electron chi connectivity index (χ0n) is 9.07. The van der Waals surface area contributed by atoms with Gasteiger partial charge in [0.05, 0.1) is 0 Å². The van der Waals surface area contributed by atoms with Crippen LogP contribution in [0.25, 0.3) is 10.4 Å². The van der Waals surface area contributed by atoms with Crippen molar-refractivity contribution in [2.24, 2.45) is 0 Å². The van der Waals surface area contributed by atoms with Crippen LogP contribution in [0.3, 0.4) is 0 Å². The number of carbonyl (C=O) groups excluding carboxylic acids is 1. The van der Waals surface area contributed by atoms with Gasteiger partial charge in [-0.05, 0) is 22.6 Å². The summed E-state index contributed by atoms with van der Waals surface area (Å²) in [4.78, 5) is 12.0. The van der Waals surface area contributed by atoms with E-state index in [-0.39, 0.29) is 5.91 Å². The maximum atomic E-state index is 10.8. The molecule has 0 radical (unpaired) electrons. The Morgan fingerprint density at radius 1 is 1.25 bits per heavy atom. The molecule has 0 saturated heterocycles. The van der Waals surface area contributed by atoms with E-state index in [1.54, 1.807) is 11.3 Å². The average molecular weight is 231 g/mol. The Bertz CT molecular complexity index is 459. The average Bonchev–Trinajstić information content (AvgIpc) is 2.80. The number of benzene rings is 1. The van der Waals surface area contributed by atoms with Gasteiger partial charge in [0.2, 0.25) is 5.91 Å². The molecule has 0 saturated carbocycles. The van der Waals surface area contributed by atoms with Crippen LogP contribution in [0.1, 0.15) is 12.5 Å². The van der Waals surface area contributed by atoms with E-state index in [1.165, 1.54) is 17.4 Å². The number of nitrogens with one attached hydrogen (secondary N) is 1. The molecule has 1 aromatic heterocycles. The van der Waals surface area contributed by atoms with E-state index in [0.29, 0.717) is 6.54 Å². The molecule has 1 heterocycles. The van der Waals surface area contributed by atoms with E-state index in [1.807, 2.05) is 18.2 Å². The highest BCUT2D eigenvalue weighted by atomic mass is 32.1. The van der Waals surface area contributed by atoms with Crippen LogP contribution in [0.2, 0.25) is 0 Å². The molecule has 2 aromatic rings. The van der Waals surface area contributed by atoms with Gasteiger partial charge in [-0.2, -0.15) is 0 Å². The van der Waals surface area contributed by atoms with E-state index < -0.39 is 0 Å². The Morgan fingerprint density at radius 3 is 2.56 bits per heavy atom. The summed E-state index contributed by atoms with van der Waals surface area (Å²) in [6.07, 6.45) is 0. The van der Waals surface area contributed by atoms with Gasteiger partial charge in [-0.1, -0.05) is 30.3 Å². The van der Waals surface area contributed by atoms with E-state index in [2.05, 4.69) is 28.9 Å². The van der Waals surface area contributed by atoms with Crippen LogP contribution >= 0.6 is 11.3 Å². The largest absolute Gasteiger partial charge is 0.352 e.